The van der Waals surface area contributed by atoms with Crippen molar-refractivity contribution in [3.05, 3.63) is 65.3 Å². The first kappa shape index (κ1) is 12.9. The first-order valence-electron chi connectivity index (χ1n) is 6.47. The van der Waals surface area contributed by atoms with Crippen LogP contribution in [0.4, 0.5) is 5.95 Å². The average Bonchev–Trinajstić information content (AvgIpc) is 2.47. The van der Waals surface area contributed by atoms with Crippen LogP contribution in [0.3, 0.4) is 0 Å². The molecular formula is C16H14ClN3. The van der Waals surface area contributed by atoms with Crippen molar-refractivity contribution in [3.8, 4) is 0 Å². The molecule has 100 valence electrons. The lowest BCUT2D eigenvalue weighted by Gasteiger charge is -2.15. The van der Waals surface area contributed by atoms with Gasteiger partial charge in [-0.25, -0.2) is 9.97 Å². The second-order valence-corrected chi connectivity index (χ2v) is 5.05. The molecule has 0 amide bonds. The summed E-state index contributed by atoms with van der Waals surface area (Å²) in [6.07, 6.45) is 1.82. The number of hydrogen-bond donors (Lipinski definition) is 1. The summed E-state index contributed by atoms with van der Waals surface area (Å²) in [5, 5.41) is 5.06. The van der Waals surface area contributed by atoms with E-state index >= 15 is 0 Å². The van der Waals surface area contributed by atoms with Gasteiger partial charge >= 0.3 is 0 Å². The zero-order chi connectivity index (χ0) is 13.9. The third kappa shape index (κ3) is 2.58. The highest BCUT2D eigenvalue weighted by molar-refractivity contribution is 6.31. The van der Waals surface area contributed by atoms with Gasteiger partial charge in [-0.05, 0) is 24.6 Å². The molecular weight excluding hydrogens is 270 g/mol. The van der Waals surface area contributed by atoms with Gasteiger partial charge in [0.25, 0.3) is 0 Å². The van der Waals surface area contributed by atoms with E-state index in [-0.39, 0.29) is 6.04 Å². The van der Waals surface area contributed by atoms with Crippen LogP contribution in [0, 0.1) is 0 Å². The van der Waals surface area contributed by atoms with Crippen LogP contribution in [0.5, 0.6) is 0 Å². The van der Waals surface area contributed by atoms with E-state index in [1.165, 1.54) is 0 Å². The average molecular weight is 284 g/mol. The monoisotopic (exact) mass is 283 g/mol. The van der Waals surface area contributed by atoms with Gasteiger partial charge in [0, 0.05) is 16.6 Å². The van der Waals surface area contributed by atoms with E-state index in [0.717, 1.165) is 21.5 Å². The highest BCUT2D eigenvalue weighted by Gasteiger charge is 2.10. The Balaban J connectivity index is 1.87. The maximum absolute atomic E-state index is 6.20. The van der Waals surface area contributed by atoms with E-state index < -0.39 is 0 Å². The molecule has 0 aliphatic rings. The fourth-order valence-corrected chi connectivity index (χ4v) is 2.44. The van der Waals surface area contributed by atoms with Crippen LogP contribution in [0.15, 0.2) is 54.7 Å². The minimum absolute atomic E-state index is 0.0462. The van der Waals surface area contributed by atoms with E-state index in [0.29, 0.717) is 5.95 Å². The lowest BCUT2D eigenvalue weighted by molar-refractivity contribution is 0.864. The second kappa shape index (κ2) is 5.47. The standard InChI is InChI=1S/C16H14ClN3/c1-11(13-7-3-4-8-14(13)17)19-16-18-10-12-6-2-5-9-15(12)20-16/h2-11H,1H3,(H,18,19,20). The van der Waals surface area contributed by atoms with Crippen LogP contribution >= 0.6 is 11.6 Å². The summed E-state index contributed by atoms with van der Waals surface area (Å²) in [6, 6.07) is 15.7. The van der Waals surface area contributed by atoms with E-state index in [1.807, 2.05) is 61.7 Å². The summed E-state index contributed by atoms with van der Waals surface area (Å²) < 4.78 is 0. The first-order chi connectivity index (χ1) is 9.74. The summed E-state index contributed by atoms with van der Waals surface area (Å²) in [7, 11) is 0. The van der Waals surface area contributed by atoms with Gasteiger partial charge < -0.3 is 5.32 Å². The van der Waals surface area contributed by atoms with Crippen molar-refractivity contribution in [3.63, 3.8) is 0 Å². The topological polar surface area (TPSA) is 37.8 Å². The molecule has 0 saturated carbocycles. The van der Waals surface area contributed by atoms with E-state index in [2.05, 4.69) is 15.3 Å². The molecule has 0 aliphatic carbocycles. The Labute approximate surface area is 122 Å². The SMILES string of the molecule is CC(Nc1ncc2ccccc2n1)c1ccccc1Cl. The van der Waals surface area contributed by atoms with Crippen molar-refractivity contribution in [2.24, 2.45) is 0 Å². The van der Waals surface area contributed by atoms with Gasteiger partial charge in [-0.15, -0.1) is 0 Å². The minimum atomic E-state index is 0.0462. The number of rotatable bonds is 3. The Morgan fingerprint density at radius 1 is 1.05 bits per heavy atom. The quantitative estimate of drug-likeness (QED) is 0.771. The number of halogens is 1. The van der Waals surface area contributed by atoms with E-state index in [9.17, 15) is 0 Å². The summed E-state index contributed by atoms with van der Waals surface area (Å²) in [5.41, 5.74) is 1.96. The van der Waals surface area contributed by atoms with Gasteiger partial charge in [0.2, 0.25) is 5.95 Å². The van der Waals surface area contributed by atoms with Crippen molar-refractivity contribution in [1.29, 1.82) is 0 Å². The van der Waals surface area contributed by atoms with E-state index in [4.69, 9.17) is 11.6 Å². The lowest BCUT2D eigenvalue weighted by Crippen LogP contribution is -2.09. The molecule has 3 nitrogen and oxygen atoms in total. The highest BCUT2D eigenvalue weighted by Crippen LogP contribution is 2.24. The number of anilines is 1. The molecule has 1 heterocycles. The molecule has 2 aromatic carbocycles. The summed E-state index contributed by atoms with van der Waals surface area (Å²) in [4.78, 5) is 8.84. The molecule has 0 saturated heterocycles. The van der Waals surface area contributed by atoms with Gasteiger partial charge in [0.1, 0.15) is 0 Å². The number of aromatic nitrogens is 2. The van der Waals surface area contributed by atoms with Crippen molar-refractivity contribution in [2.75, 3.05) is 5.32 Å². The van der Waals surface area contributed by atoms with Gasteiger partial charge in [-0.1, -0.05) is 48.0 Å². The highest BCUT2D eigenvalue weighted by atomic mass is 35.5. The Bertz CT molecular complexity index is 742. The van der Waals surface area contributed by atoms with Crippen molar-refractivity contribution in [2.45, 2.75) is 13.0 Å². The predicted octanol–water partition coefficient (Wildman–Crippen LogP) is 4.46. The molecule has 3 aromatic rings. The van der Waals surface area contributed by atoms with Crippen molar-refractivity contribution in [1.82, 2.24) is 9.97 Å². The summed E-state index contributed by atoms with van der Waals surface area (Å²) >= 11 is 6.20. The van der Waals surface area contributed by atoms with Crippen LogP contribution in [0.1, 0.15) is 18.5 Å². The van der Waals surface area contributed by atoms with Crippen LogP contribution in [0.2, 0.25) is 5.02 Å². The molecule has 0 bridgehead atoms. The maximum atomic E-state index is 6.20. The molecule has 0 aliphatic heterocycles. The van der Waals surface area contributed by atoms with Crippen LogP contribution < -0.4 is 5.32 Å². The fourth-order valence-electron chi connectivity index (χ4n) is 2.14. The van der Waals surface area contributed by atoms with Gasteiger partial charge in [0.15, 0.2) is 0 Å². The second-order valence-electron chi connectivity index (χ2n) is 4.64. The number of benzene rings is 2. The smallest absolute Gasteiger partial charge is 0.223 e. The largest absolute Gasteiger partial charge is 0.348 e. The fraction of sp³-hybridized carbons (Fsp3) is 0.125. The molecule has 0 fully saturated rings. The van der Waals surface area contributed by atoms with Gasteiger partial charge in [-0.3, -0.25) is 0 Å². The molecule has 0 radical (unpaired) electrons. The maximum Gasteiger partial charge on any atom is 0.223 e. The molecule has 20 heavy (non-hydrogen) atoms. The number of nitrogens with zero attached hydrogens (tertiary/aromatic N) is 2. The molecule has 4 heteroatoms. The van der Waals surface area contributed by atoms with Gasteiger partial charge in [-0.2, -0.15) is 0 Å². The summed E-state index contributed by atoms with van der Waals surface area (Å²) in [5.74, 6) is 0.608. The molecule has 3 rings (SSSR count). The molecule has 1 N–H and O–H groups in total. The zero-order valence-electron chi connectivity index (χ0n) is 11.0. The van der Waals surface area contributed by atoms with Crippen molar-refractivity contribution >= 4 is 28.5 Å². The van der Waals surface area contributed by atoms with Crippen LogP contribution in [-0.2, 0) is 0 Å². The Morgan fingerprint density at radius 3 is 2.65 bits per heavy atom. The number of fused-ring (bicyclic) bond motifs is 1. The minimum Gasteiger partial charge on any atom is -0.348 e. The Kier molecular flexibility index (Phi) is 3.52. The molecule has 1 atom stereocenters. The number of nitrogens with one attached hydrogen (secondary N) is 1. The Morgan fingerprint density at radius 2 is 1.80 bits per heavy atom. The lowest BCUT2D eigenvalue weighted by atomic mass is 10.1. The van der Waals surface area contributed by atoms with Crippen LogP contribution in [-0.4, -0.2) is 9.97 Å². The third-order valence-electron chi connectivity index (χ3n) is 3.21. The molecule has 0 spiro atoms. The predicted molar refractivity (Wildman–Crippen MR) is 83.0 cm³/mol. The number of hydrogen-bond acceptors (Lipinski definition) is 3. The normalized spacial score (nSPS) is 12.3. The van der Waals surface area contributed by atoms with Crippen molar-refractivity contribution < 1.29 is 0 Å². The zero-order valence-corrected chi connectivity index (χ0v) is 11.8. The summed E-state index contributed by atoms with van der Waals surface area (Å²) in [6.45, 7) is 2.04. The molecule has 1 aromatic heterocycles. The Hall–Kier alpha value is -2.13. The number of para-hydroxylation sites is 1. The van der Waals surface area contributed by atoms with Crippen LogP contribution in [0.25, 0.3) is 10.9 Å². The van der Waals surface area contributed by atoms with E-state index in [1.54, 1.807) is 0 Å². The first-order valence-corrected chi connectivity index (χ1v) is 6.84. The third-order valence-corrected chi connectivity index (χ3v) is 3.55. The molecule has 1 unspecified atom stereocenters. The van der Waals surface area contributed by atoms with Gasteiger partial charge in [0.05, 0.1) is 11.6 Å².